The molecule has 0 radical (unpaired) electrons. The average Bonchev–Trinajstić information content (AvgIpc) is 3.30. The summed E-state index contributed by atoms with van der Waals surface area (Å²) >= 11 is 0. The van der Waals surface area contributed by atoms with E-state index in [2.05, 4.69) is 14.7 Å². The number of rotatable bonds is 2. The Morgan fingerprint density at radius 2 is 1.92 bits per heavy atom. The van der Waals surface area contributed by atoms with Crippen LogP contribution < -0.4 is 0 Å². The van der Waals surface area contributed by atoms with Gasteiger partial charge in [0.15, 0.2) is 0 Å². The number of alkyl halides is 3. The monoisotopic (exact) mass is 351 g/mol. The first-order valence-corrected chi connectivity index (χ1v) is 8.26. The molecule has 1 saturated carbocycles. The number of hydrogen-bond acceptors (Lipinski definition) is 4. The number of likely N-dealkylation sites (tertiary alicyclic amines) is 1. The molecule has 2 aliphatic rings. The van der Waals surface area contributed by atoms with Crippen molar-refractivity contribution in [3.05, 3.63) is 35.7 Å². The van der Waals surface area contributed by atoms with Gasteiger partial charge in [-0.05, 0) is 37.3 Å². The van der Waals surface area contributed by atoms with Gasteiger partial charge in [-0.15, -0.1) is 0 Å². The second-order valence-electron chi connectivity index (χ2n) is 6.54. The molecular weight excluding hydrogens is 335 g/mol. The number of halogens is 3. The topological polar surface area (TPSA) is 59.2 Å². The van der Waals surface area contributed by atoms with Crippen LogP contribution in [0, 0.1) is 5.92 Å². The smallest absolute Gasteiger partial charge is 0.335 e. The average molecular weight is 351 g/mol. The largest absolute Gasteiger partial charge is 0.471 e. The van der Waals surface area contributed by atoms with E-state index in [1.54, 1.807) is 24.3 Å². The number of hydrogen-bond donors (Lipinski definition) is 0. The summed E-state index contributed by atoms with van der Waals surface area (Å²) < 4.78 is 41.8. The van der Waals surface area contributed by atoms with E-state index < -0.39 is 12.1 Å². The maximum atomic E-state index is 12.7. The molecule has 1 aliphatic heterocycles. The van der Waals surface area contributed by atoms with Gasteiger partial charge in [0.2, 0.25) is 5.82 Å². The van der Waals surface area contributed by atoms with Gasteiger partial charge in [0, 0.05) is 23.7 Å². The van der Waals surface area contributed by atoms with Gasteiger partial charge in [-0.1, -0.05) is 23.7 Å². The highest BCUT2D eigenvalue weighted by atomic mass is 19.4. The normalized spacial score (nSPS) is 23.1. The predicted octanol–water partition coefficient (Wildman–Crippen LogP) is 3.77. The molecule has 0 bridgehead atoms. The van der Waals surface area contributed by atoms with Gasteiger partial charge in [0.25, 0.3) is 5.91 Å². The van der Waals surface area contributed by atoms with E-state index in [-0.39, 0.29) is 11.7 Å². The minimum atomic E-state index is -4.67. The summed E-state index contributed by atoms with van der Waals surface area (Å²) in [6.45, 7) is 0.774. The summed E-state index contributed by atoms with van der Waals surface area (Å²) in [5.41, 5.74) is 0.895. The van der Waals surface area contributed by atoms with Gasteiger partial charge < -0.3 is 9.42 Å². The number of carbonyl (C=O) groups excluding carboxylic acids is 1. The lowest BCUT2D eigenvalue weighted by molar-refractivity contribution is -0.159. The van der Waals surface area contributed by atoms with E-state index in [1.807, 2.05) is 4.90 Å². The Kier molecular flexibility index (Phi) is 3.77. The van der Waals surface area contributed by atoms with Crippen LogP contribution >= 0.6 is 0 Å². The van der Waals surface area contributed by atoms with E-state index in [1.165, 1.54) is 6.42 Å². The first-order chi connectivity index (χ1) is 11.9. The lowest BCUT2D eigenvalue weighted by Crippen LogP contribution is -2.35. The molecule has 1 aromatic heterocycles. The van der Waals surface area contributed by atoms with Gasteiger partial charge in [-0.25, -0.2) is 0 Å². The van der Waals surface area contributed by atoms with Gasteiger partial charge in [0.05, 0.1) is 0 Å². The number of fused-ring (bicyclic) bond motifs is 1. The van der Waals surface area contributed by atoms with Crippen molar-refractivity contribution in [3.63, 3.8) is 0 Å². The Labute approximate surface area is 141 Å². The molecular formula is C17H16F3N3O2. The maximum absolute atomic E-state index is 12.7. The van der Waals surface area contributed by atoms with Crippen molar-refractivity contribution < 1.29 is 22.5 Å². The van der Waals surface area contributed by atoms with Crippen molar-refractivity contribution in [1.29, 1.82) is 0 Å². The zero-order valence-corrected chi connectivity index (χ0v) is 13.3. The summed E-state index contributed by atoms with van der Waals surface area (Å²) in [6, 6.07) is 6.62. The molecule has 4 rings (SSSR count). The van der Waals surface area contributed by atoms with Crippen LogP contribution in [0.2, 0.25) is 0 Å². The van der Waals surface area contributed by atoms with Crippen LogP contribution in [0.1, 0.15) is 41.9 Å². The molecule has 0 spiro atoms. The number of amides is 1. The molecule has 1 amide bonds. The third kappa shape index (κ3) is 2.89. The van der Waals surface area contributed by atoms with Gasteiger partial charge in [-0.3, -0.25) is 4.79 Å². The van der Waals surface area contributed by atoms with Crippen molar-refractivity contribution in [1.82, 2.24) is 15.0 Å². The molecule has 2 atom stereocenters. The highest BCUT2D eigenvalue weighted by molar-refractivity contribution is 5.95. The van der Waals surface area contributed by atoms with E-state index >= 15 is 0 Å². The standard InChI is InChI=1S/C17H16F3N3O2/c18-17(19,20)16-21-14(22-25-16)11-4-6-12(7-5-11)15(24)23-9-8-10-2-1-3-13(10)23/h4-7,10,13H,1-3,8-9H2. The Bertz CT molecular complexity index is 785. The van der Waals surface area contributed by atoms with E-state index in [4.69, 9.17) is 0 Å². The van der Waals surface area contributed by atoms with Crippen molar-refractivity contribution in [2.24, 2.45) is 5.92 Å². The van der Waals surface area contributed by atoms with Crippen LogP contribution in [-0.4, -0.2) is 33.5 Å². The maximum Gasteiger partial charge on any atom is 0.471 e. The van der Waals surface area contributed by atoms with Crippen LogP contribution in [0.3, 0.4) is 0 Å². The third-order valence-electron chi connectivity index (χ3n) is 5.08. The minimum Gasteiger partial charge on any atom is -0.335 e. The number of benzene rings is 1. The lowest BCUT2D eigenvalue weighted by atomic mass is 10.0. The fourth-order valence-corrected chi connectivity index (χ4v) is 3.87. The van der Waals surface area contributed by atoms with Crippen molar-refractivity contribution in [3.8, 4) is 11.4 Å². The Balaban J connectivity index is 1.52. The molecule has 0 N–H and O–H groups in total. The van der Waals surface area contributed by atoms with E-state index in [0.29, 0.717) is 23.1 Å². The Morgan fingerprint density at radius 3 is 2.60 bits per heavy atom. The van der Waals surface area contributed by atoms with Crippen LogP contribution in [0.4, 0.5) is 13.2 Å². The van der Waals surface area contributed by atoms with E-state index in [0.717, 1.165) is 25.8 Å². The van der Waals surface area contributed by atoms with Crippen molar-refractivity contribution in [2.45, 2.75) is 37.9 Å². The highest BCUT2D eigenvalue weighted by Gasteiger charge is 2.40. The van der Waals surface area contributed by atoms with Crippen molar-refractivity contribution in [2.75, 3.05) is 6.54 Å². The molecule has 1 aliphatic carbocycles. The molecule has 1 aromatic carbocycles. The molecule has 2 aromatic rings. The Hall–Kier alpha value is -2.38. The SMILES string of the molecule is O=C(c1ccc(-c2noc(C(F)(F)F)n2)cc1)N1CCC2CCCC21. The highest BCUT2D eigenvalue weighted by Crippen LogP contribution is 2.38. The first kappa shape index (κ1) is 16.1. The summed E-state index contributed by atoms with van der Waals surface area (Å²) in [7, 11) is 0. The number of nitrogens with zero attached hydrogens (tertiary/aromatic N) is 3. The lowest BCUT2D eigenvalue weighted by Gasteiger charge is -2.24. The second-order valence-corrected chi connectivity index (χ2v) is 6.54. The zero-order chi connectivity index (χ0) is 17.6. The van der Waals surface area contributed by atoms with Crippen molar-refractivity contribution >= 4 is 5.91 Å². The molecule has 132 valence electrons. The van der Waals surface area contributed by atoms with Crippen LogP contribution in [0.25, 0.3) is 11.4 Å². The number of aromatic nitrogens is 2. The summed E-state index contributed by atoms with van der Waals surface area (Å²) in [6.07, 6.45) is -0.214. The third-order valence-corrected chi connectivity index (χ3v) is 5.08. The molecule has 8 heteroatoms. The molecule has 5 nitrogen and oxygen atoms in total. The molecule has 25 heavy (non-hydrogen) atoms. The Morgan fingerprint density at radius 1 is 1.16 bits per heavy atom. The summed E-state index contributed by atoms with van der Waals surface area (Å²) in [5.74, 6) is -0.941. The number of carbonyl (C=O) groups is 1. The van der Waals surface area contributed by atoms with Gasteiger partial charge >= 0.3 is 12.1 Å². The predicted molar refractivity (Wildman–Crippen MR) is 81.5 cm³/mol. The van der Waals surface area contributed by atoms with Gasteiger partial charge in [0.1, 0.15) is 0 Å². The molecule has 2 fully saturated rings. The quantitative estimate of drug-likeness (QED) is 0.826. The molecule has 2 unspecified atom stereocenters. The second kappa shape index (κ2) is 5.86. The van der Waals surface area contributed by atoms with Gasteiger partial charge in [-0.2, -0.15) is 18.2 Å². The summed E-state index contributed by atoms with van der Waals surface area (Å²) in [5, 5.41) is 3.35. The van der Waals surface area contributed by atoms with Crippen LogP contribution in [0.15, 0.2) is 28.8 Å². The summed E-state index contributed by atoms with van der Waals surface area (Å²) in [4.78, 5) is 18.0. The van der Waals surface area contributed by atoms with Crippen LogP contribution in [-0.2, 0) is 6.18 Å². The zero-order valence-electron chi connectivity index (χ0n) is 13.3. The fraction of sp³-hybridized carbons (Fsp3) is 0.471. The van der Waals surface area contributed by atoms with E-state index in [9.17, 15) is 18.0 Å². The van der Waals surface area contributed by atoms with Crippen LogP contribution in [0.5, 0.6) is 0 Å². The fourth-order valence-electron chi connectivity index (χ4n) is 3.87. The molecule has 2 heterocycles. The first-order valence-electron chi connectivity index (χ1n) is 8.26. The minimum absolute atomic E-state index is 0.0231. The molecule has 1 saturated heterocycles.